The maximum absolute atomic E-state index is 11.3. The number of pyridine rings is 1. The Morgan fingerprint density at radius 3 is 2.72 bits per heavy atom. The first-order chi connectivity index (χ1) is 8.58. The van der Waals surface area contributed by atoms with E-state index >= 15 is 0 Å². The van der Waals surface area contributed by atoms with Crippen molar-refractivity contribution in [2.75, 3.05) is 13.1 Å². The van der Waals surface area contributed by atoms with Gasteiger partial charge in [-0.1, -0.05) is 0 Å². The van der Waals surface area contributed by atoms with Crippen LogP contribution in [0, 0.1) is 0 Å². The van der Waals surface area contributed by atoms with Crippen molar-refractivity contribution in [1.82, 2.24) is 9.88 Å². The van der Waals surface area contributed by atoms with Crippen molar-refractivity contribution in [2.24, 2.45) is 5.73 Å². The Bertz CT molecular complexity index is 414. The van der Waals surface area contributed by atoms with Gasteiger partial charge in [-0.05, 0) is 24.1 Å². The highest BCUT2D eigenvalue weighted by Crippen LogP contribution is 2.28. The number of β-amino-alcohol motifs (C(OH)–C–C–N with tert-alkyl or cyclic N) is 1. The second-order valence-electron chi connectivity index (χ2n) is 4.58. The Labute approximate surface area is 105 Å². The van der Waals surface area contributed by atoms with Crippen LogP contribution in [0.4, 0.5) is 0 Å². The van der Waals surface area contributed by atoms with Crippen LogP contribution in [0.3, 0.4) is 0 Å². The van der Waals surface area contributed by atoms with Gasteiger partial charge in [0.05, 0.1) is 6.10 Å². The lowest BCUT2D eigenvalue weighted by atomic mass is 9.97. The summed E-state index contributed by atoms with van der Waals surface area (Å²) in [6.45, 7) is 0.774. The summed E-state index contributed by atoms with van der Waals surface area (Å²) >= 11 is 0. The van der Waals surface area contributed by atoms with Gasteiger partial charge < -0.3 is 15.9 Å². The molecule has 0 radical (unpaired) electrons. The molecule has 1 aliphatic rings. The number of hydrogen-bond acceptors (Lipinski definition) is 6. The fourth-order valence-corrected chi connectivity index (χ4v) is 2.22. The molecule has 1 aromatic rings. The Morgan fingerprint density at radius 1 is 1.56 bits per heavy atom. The summed E-state index contributed by atoms with van der Waals surface area (Å²) in [6, 6.07) is 3.23. The van der Waals surface area contributed by atoms with Crippen LogP contribution in [-0.2, 0) is 4.79 Å². The topological polar surface area (TPSA) is 99.7 Å². The molecule has 0 unspecified atom stereocenters. The van der Waals surface area contributed by atoms with Gasteiger partial charge in [0.15, 0.2) is 11.9 Å². The molecule has 2 rings (SSSR count). The van der Waals surface area contributed by atoms with Gasteiger partial charge in [-0.2, -0.15) is 0 Å². The Kier molecular flexibility index (Phi) is 3.72. The zero-order chi connectivity index (χ0) is 13.2. The zero-order valence-electron chi connectivity index (χ0n) is 9.94. The lowest BCUT2D eigenvalue weighted by molar-refractivity contribution is -0.126. The maximum Gasteiger partial charge on any atom is 0.157 e. The lowest BCUT2D eigenvalue weighted by Crippen LogP contribution is -2.60. The predicted octanol–water partition coefficient (Wildman–Crippen LogP) is -0.965. The normalized spacial score (nSPS) is 25.6. The summed E-state index contributed by atoms with van der Waals surface area (Å²) < 4.78 is 0. The third kappa shape index (κ3) is 2.28. The van der Waals surface area contributed by atoms with Gasteiger partial charge in [0, 0.05) is 25.5 Å². The van der Waals surface area contributed by atoms with E-state index in [0.717, 1.165) is 0 Å². The summed E-state index contributed by atoms with van der Waals surface area (Å²) in [5.74, 6) is 0. The molecule has 1 saturated heterocycles. The quantitative estimate of drug-likeness (QED) is 0.596. The van der Waals surface area contributed by atoms with Crippen molar-refractivity contribution in [1.29, 1.82) is 0 Å². The van der Waals surface area contributed by atoms with Crippen molar-refractivity contribution < 1.29 is 15.0 Å². The molecule has 98 valence electrons. The molecule has 0 saturated carbocycles. The lowest BCUT2D eigenvalue weighted by Gasteiger charge is -2.37. The minimum Gasteiger partial charge on any atom is -0.392 e. The summed E-state index contributed by atoms with van der Waals surface area (Å²) in [7, 11) is 0. The zero-order valence-corrected chi connectivity index (χ0v) is 9.94. The number of aromatic nitrogens is 1. The van der Waals surface area contributed by atoms with Crippen molar-refractivity contribution in [3.05, 3.63) is 30.1 Å². The predicted molar refractivity (Wildman–Crippen MR) is 64.4 cm³/mol. The molecule has 4 N–H and O–H groups in total. The molecule has 1 aromatic heterocycles. The van der Waals surface area contributed by atoms with Gasteiger partial charge in [-0.25, -0.2) is 0 Å². The highest BCUT2D eigenvalue weighted by Gasteiger charge is 2.43. The van der Waals surface area contributed by atoms with Crippen LogP contribution in [0.1, 0.15) is 18.1 Å². The minimum absolute atomic E-state index is 0.289. The second kappa shape index (κ2) is 5.11. The molecule has 0 amide bonds. The van der Waals surface area contributed by atoms with Crippen LogP contribution in [0.5, 0.6) is 0 Å². The highest BCUT2D eigenvalue weighted by molar-refractivity contribution is 5.65. The first-order valence-electron chi connectivity index (χ1n) is 5.84. The van der Waals surface area contributed by atoms with Crippen molar-refractivity contribution in [3.8, 4) is 0 Å². The molecule has 6 nitrogen and oxygen atoms in total. The average Bonchev–Trinajstić information content (AvgIpc) is 2.85. The summed E-state index contributed by atoms with van der Waals surface area (Å²) in [4.78, 5) is 16.8. The van der Waals surface area contributed by atoms with E-state index in [1.165, 1.54) is 12.4 Å². The second-order valence-corrected chi connectivity index (χ2v) is 4.58. The van der Waals surface area contributed by atoms with E-state index in [1.807, 2.05) is 0 Å². The molecule has 0 aromatic carbocycles. The summed E-state index contributed by atoms with van der Waals surface area (Å²) in [5, 5.41) is 19.8. The largest absolute Gasteiger partial charge is 0.392 e. The van der Waals surface area contributed by atoms with E-state index in [2.05, 4.69) is 4.98 Å². The third-order valence-electron chi connectivity index (χ3n) is 3.36. The van der Waals surface area contributed by atoms with E-state index in [9.17, 15) is 15.0 Å². The van der Waals surface area contributed by atoms with E-state index in [1.54, 1.807) is 17.0 Å². The number of aliphatic hydroxyl groups is 2. The first-order valence-corrected chi connectivity index (χ1v) is 5.84. The van der Waals surface area contributed by atoms with Gasteiger partial charge >= 0.3 is 0 Å². The number of nitrogens with two attached hydrogens (primary N) is 1. The van der Waals surface area contributed by atoms with Gasteiger partial charge in [0.1, 0.15) is 6.10 Å². The number of carbonyl (C=O) groups excluding carboxylic acids is 1. The number of aldehydes is 1. The molecule has 0 spiro atoms. The number of hydrogen-bond donors (Lipinski definition) is 3. The van der Waals surface area contributed by atoms with E-state index in [4.69, 9.17) is 5.73 Å². The Hall–Kier alpha value is -1.34. The number of likely N-dealkylation sites (tertiary alicyclic amines) is 1. The number of carbonyl (C=O) groups is 1. The van der Waals surface area contributed by atoms with Crippen LogP contribution >= 0.6 is 0 Å². The van der Waals surface area contributed by atoms with E-state index < -0.39 is 17.9 Å². The average molecular weight is 251 g/mol. The number of aliphatic hydroxyl groups excluding tert-OH is 2. The molecule has 0 aliphatic carbocycles. The number of nitrogens with zero attached hydrogens (tertiary/aromatic N) is 2. The van der Waals surface area contributed by atoms with Gasteiger partial charge in [-0.3, -0.25) is 14.7 Å². The van der Waals surface area contributed by atoms with E-state index in [0.29, 0.717) is 24.8 Å². The van der Waals surface area contributed by atoms with Crippen LogP contribution in [0.15, 0.2) is 24.5 Å². The fourth-order valence-electron chi connectivity index (χ4n) is 2.22. The van der Waals surface area contributed by atoms with Crippen LogP contribution < -0.4 is 5.73 Å². The molecule has 2 heterocycles. The van der Waals surface area contributed by atoms with Gasteiger partial charge in [0.2, 0.25) is 0 Å². The van der Waals surface area contributed by atoms with Crippen molar-refractivity contribution >= 4 is 6.29 Å². The van der Waals surface area contributed by atoms with Crippen molar-refractivity contribution in [2.45, 2.75) is 24.3 Å². The third-order valence-corrected chi connectivity index (χ3v) is 3.36. The van der Waals surface area contributed by atoms with E-state index in [-0.39, 0.29) is 6.54 Å². The van der Waals surface area contributed by atoms with Gasteiger partial charge in [-0.15, -0.1) is 0 Å². The molecule has 6 heteroatoms. The van der Waals surface area contributed by atoms with Gasteiger partial charge in [0.25, 0.3) is 0 Å². The van der Waals surface area contributed by atoms with Crippen molar-refractivity contribution in [3.63, 3.8) is 0 Å². The SMILES string of the molecule is N[C@](C=O)([C@@H](O)c1ccncc1)N1CC[C@@H](O)C1. The Morgan fingerprint density at radius 2 is 2.22 bits per heavy atom. The Balaban J connectivity index is 2.24. The number of rotatable bonds is 4. The van der Waals surface area contributed by atoms with Crippen LogP contribution in [0.2, 0.25) is 0 Å². The maximum atomic E-state index is 11.3. The summed E-state index contributed by atoms with van der Waals surface area (Å²) in [6.07, 6.45) is 2.50. The smallest absolute Gasteiger partial charge is 0.157 e. The molecular weight excluding hydrogens is 234 g/mol. The molecule has 3 atom stereocenters. The van der Waals surface area contributed by atoms with Crippen LogP contribution in [-0.4, -0.2) is 51.2 Å². The van der Waals surface area contributed by atoms with Crippen LogP contribution in [0.25, 0.3) is 0 Å². The molecule has 1 aliphatic heterocycles. The molecular formula is C12H17N3O3. The summed E-state index contributed by atoms with van der Waals surface area (Å²) in [5.41, 5.74) is 5.03. The standard InChI is InChI=1S/C12H17N3O3/c13-12(8-16,15-6-3-10(17)7-15)11(18)9-1-4-14-5-2-9/h1-2,4-5,8,10-11,17-18H,3,6-7,13H2/t10-,11+,12+/m1/s1. The molecule has 0 bridgehead atoms. The molecule has 18 heavy (non-hydrogen) atoms. The monoisotopic (exact) mass is 251 g/mol. The fraction of sp³-hybridized carbons (Fsp3) is 0.500. The minimum atomic E-state index is -1.52. The highest BCUT2D eigenvalue weighted by atomic mass is 16.3. The first kappa shape index (κ1) is 13.1. The molecule has 1 fully saturated rings.